The van der Waals surface area contributed by atoms with Crippen LogP contribution in [0.15, 0.2) is 23.6 Å². The number of nitrogens with zero attached hydrogens (tertiary/aromatic N) is 1. The van der Waals surface area contributed by atoms with Crippen molar-refractivity contribution >= 4 is 11.3 Å². The number of hydrogen-bond donors (Lipinski definition) is 1. The first-order valence-corrected chi connectivity index (χ1v) is 8.40. The van der Waals surface area contributed by atoms with Crippen LogP contribution in [0.25, 0.3) is 0 Å². The van der Waals surface area contributed by atoms with Gasteiger partial charge in [-0.2, -0.15) is 0 Å². The third kappa shape index (κ3) is 2.94. The molecule has 0 amide bonds. The quantitative estimate of drug-likeness (QED) is 0.903. The predicted molar refractivity (Wildman–Crippen MR) is 85.4 cm³/mol. The molecule has 1 heterocycles. The molecule has 1 aliphatic rings. The number of hydrogen-bond acceptors (Lipinski definition) is 3. The van der Waals surface area contributed by atoms with Gasteiger partial charge in [0.15, 0.2) is 0 Å². The van der Waals surface area contributed by atoms with Gasteiger partial charge in [0.2, 0.25) is 0 Å². The third-order valence-corrected chi connectivity index (χ3v) is 5.01. The molecule has 1 atom stereocenters. The molecule has 106 valence electrons. The molecule has 20 heavy (non-hydrogen) atoms. The molecule has 1 N–H and O–H groups in total. The van der Waals surface area contributed by atoms with Crippen LogP contribution >= 0.6 is 11.3 Å². The van der Waals surface area contributed by atoms with E-state index in [-0.39, 0.29) is 0 Å². The molecule has 3 heteroatoms. The molecule has 1 unspecified atom stereocenters. The molecule has 2 aromatic rings. The van der Waals surface area contributed by atoms with E-state index in [1.54, 1.807) is 22.5 Å². The zero-order valence-electron chi connectivity index (χ0n) is 12.3. The van der Waals surface area contributed by atoms with Gasteiger partial charge in [-0.25, -0.2) is 4.98 Å². The molecular weight excluding hydrogens is 264 g/mol. The Hall–Kier alpha value is -1.19. The van der Waals surface area contributed by atoms with E-state index in [0.29, 0.717) is 6.04 Å². The van der Waals surface area contributed by atoms with E-state index in [1.165, 1.54) is 29.8 Å². The monoisotopic (exact) mass is 286 g/mol. The van der Waals surface area contributed by atoms with Crippen molar-refractivity contribution in [2.24, 2.45) is 0 Å². The van der Waals surface area contributed by atoms with E-state index < -0.39 is 0 Å². The second-order valence-electron chi connectivity index (χ2n) is 5.58. The van der Waals surface area contributed by atoms with Crippen molar-refractivity contribution in [1.82, 2.24) is 10.3 Å². The van der Waals surface area contributed by atoms with Crippen LogP contribution in [0.5, 0.6) is 0 Å². The number of rotatable bonds is 5. The Morgan fingerprint density at radius 3 is 2.90 bits per heavy atom. The van der Waals surface area contributed by atoms with E-state index in [1.807, 2.05) is 0 Å². The van der Waals surface area contributed by atoms with Crippen molar-refractivity contribution < 1.29 is 0 Å². The van der Waals surface area contributed by atoms with Crippen LogP contribution in [0, 0.1) is 6.92 Å². The minimum Gasteiger partial charge on any atom is -0.310 e. The fraction of sp³-hybridized carbons (Fsp3) is 0.471. The van der Waals surface area contributed by atoms with E-state index >= 15 is 0 Å². The van der Waals surface area contributed by atoms with Gasteiger partial charge in [-0.15, -0.1) is 11.3 Å². The van der Waals surface area contributed by atoms with Crippen molar-refractivity contribution in [2.45, 2.75) is 45.6 Å². The van der Waals surface area contributed by atoms with Crippen LogP contribution in [-0.2, 0) is 19.3 Å². The van der Waals surface area contributed by atoms with Crippen molar-refractivity contribution in [3.8, 4) is 0 Å². The summed E-state index contributed by atoms with van der Waals surface area (Å²) in [5.74, 6) is 0. The van der Waals surface area contributed by atoms with E-state index in [0.717, 1.165) is 18.7 Å². The second kappa shape index (κ2) is 6.06. The van der Waals surface area contributed by atoms with E-state index in [2.05, 4.69) is 47.7 Å². The average Bonchev–Trinajstić information content (AvgIpc) is 3.06. The minimum atomic E-state index is 0.386. The Kier molecular flexibility index (Phi) is 4.18. The maximum Gasteiger partial charge on any atom is 0.0947 e. The minimum absolute atomic E-state index is 0.386. The molecule has 0 saturated heterocycles. The molecule has 1 aliphatic carbocycles. The second-order valence-corrected chi connectivity index (χ2v) is 6.52. The lowest BCUT2D eigenvalue weighted by Crippen LogP contribution is -2.23. The van der Waals surface area contributed by atoms with Gasteiger partial charge in [-0.1, -0.05) is 25.1 Å². The Labute approximate surface area is 125 Å². The smallest absolute Gasteiger partial charge is 0.0947 e. The summed E-state index contributed by atoms with van der Waals surface area (Å²) >= 11 is 1.77. The van der Waals surface area contributed by atoms with Crippen LogP contribution < -0.4 is 5.32 Å². The van der Waals surface area contributed by atoms with E-state index in [9.17, 15) is 0 Å². The summed E-state index contributed by atoms with van der Waals surface area (Å²) in [5, 5.41) is 6.98. The molecule has 0 aliphatic heterocycles. The Morgan fingerprint density at radius 2 is 2.15 bits per heavy atom. The molecular formula is C17H22N2S. The van der Waals surface area contributed by atoms with Crippen LogP contribution in [0.2, 0.25) is 0 Å². The molecule has 0 radical (unpaired) electrons. The summed E-state index contributed by atoms with van der Waals surface area (Å²) in [6.07, 6.45) is 4.81. The van der Waals surface area contributed by atoms with Crippen molar-refractivity contribution in [3.63, 3.8) is 0 Å². The fourth-order valence-corrected chi connectivity index (χ4v) is 3.85. The number of likely N-dealkylation sites (N-methyl/N-ethyl adjacent to an activating group) is 1. The number of aromatic nitrogens is 1. The van der Waals surface area contributed by atoms with Crippen molar-refractivity contribution in [3.05, 3.63) is 51.0 Å². The molecule has 0 fully saturated rings. The lowest BCUT2D eigenvalue weighted by Gasteiger charge is -2.18. The van der Waals surface area contributed by atoms with Crippen molar-refractivity contribution in [2.75, 3.05) is 6.54 Å². The summed E-state index contributed by atoms with van der Waals surface area (Å²) < 4.78 is 0. The number of nitrogens with one attached hydrogen (secondary N) is 1. The molecule has 1 aromatic carbocycles. The molecule has 0 bridgehead atoms. The summed E-state index contributed by atoms with van der Waals surface area (Å²) in [7, 11) is 0. The normalized spacial score (nSPS) is 15.3. The zero-order valence-corrected chi connectivity index (χ0v) is 13.1. The van der Waals surface area contributed by atoms with Crippen molar-refractivity contribution in [1.29, 1.82) is 0 Å². The van der Waals surface area contributed by atoms with Gasteiger partial charge in [-0.05, 0) is 49.4 Å². The lowest BCUT2D eigenvalue weighted by atomic mass is 9.99. The molecule has 1 aromatic heterocycles. The fourth-order valence-electron chi connectivity index (χ4n) is 3.03. The SMILES string of the molecule is CCNC(Cc1nc(C)cs1)c1ccc2c(c1)CCC2. The van der Waals surface area contributed by atoms with Crippen LogP contribution in [0.4, 0.5) is 0 Å². The largest absolute Gasteiger partial charge is 0.310 e. The highest BCUT2D eigenvalue weighted by molar-refractivity contribution is 7.09. The highest BCUT2D eigenvalue weighted by atomic mass is 32.1. The maximum absolute atomic E-state index is 4.61. The predicted octanol–water partition coefficient (Wildman–Crippen LogP) is 3.83. The third-order valence-electron chi connectivity index (χ3n) is 4.02. The van der Waals surface area contributed by atoms with Gasteiger partial charge in [0.25, 0.3) is 0 Å². The number of thiazole rings is 1. The Balaban J connectivity index is 1.82. The zero-order chi connectivity index (χ0) is 13.9. The summed E-state index contributed by atoms with van der Waals surface area (Å²) in [4.78, 5) is 4.61. The molecule has 3 rings (SSSR count). The van der Waals surface area contributed by atoms with E-state index in [4.69, 9.17) is 0 Å². The number of benzene rings is 1. The standard InChI is InChI=1S/C17H22N2S/c1-3-18-16(10-17-19-12(2)11-20-17)15-8-7-13-5-4-6-14(13)9-15/h7-9,11,16,18H,3-6,10H2,1-2H3. The first kappa shape index (κ1) is 13.8. The topological polar surface area (TPSA) is 24.9 Å². The molecule has 0 spiro atoms. The highest BCUT2D eigenvalue weighted by Gasteiger charge is 2.17. The maximum atomic E-state index is 4.61. The Morgan fingerprint density at radius 1 is 1.30 bits per heavy atom. The van der Waals surface area contributed by atoms with Crippen LogP contribution in [0.3, 0.4) is 0 Å². The average molecular weight is 286 g/mol. The van der Waals surface area contributed by atoms with Gasteiger partial charge in [0.1, 0.15) is 0 Å². The number of aryl methyl sites for hydroxylation is 3. The summed E-state index contributed by atoms with van der Waals surface area (Å²) in [5.41, 5.74) is 5.66. The first-order chi connectivity index (χ1) is 9.76. The van der Waals surface area contributed by atoms with Gasteiger partial charge in [0.05, 0.1) is 5.01 Å². The van der Waals surface area contributed by atoms with Gasteiger partial charge in [-0.3, -0.25) is 0 Å². The molecule has 0 saturated carbocycles. The summed E-state index contributed by atoms with van der Waals surface area (Å²) in [6.45, 7) is 5.23. The van der Waals surface area contributed by atoms with Crippen LogP contribution in [0.1, 0.15) is 46.8 Å². The van der Waals surface area contributed by atoms with Gasteiger partial charge >= 0.3 is 0 Å². The van der Waals surface area contributed by atoms with Gasteiger partial charge in [0, 0.05) is 23.5 Å². The first-order valence-electron chi connectivity index (χ1n) is 7.52. The highest BCUT2D eigenvalue weighted by Crippen LogP contribution is 2.27. The lowest BCUT2D eigenvalue weighted by molar-refractivity contribution is 0.548. The number of fused-ring (bicyclic) bond motifs is 1. The van der Waals surface area contributed by atoms with Crippen LogP contribution in [-0.4, -0.2) is 11.5 Å². The Bertz CT molecular complexity index is 588. The summed E-state index contributed by atoms with van der Waals surface area (Å²) in [6, 6.07) is 7.43. The van der Waals surface area contributed by atoms with Gasteiger partial charge < -0.3 is 5.32 Å². The molecule has 2 nitrogen and oxygen atoms in total.